The molecule has 6 nitrogen and oxygen atoms in total. The number of nitrogens with one attached hydrogen (secondary N) is 2. The highest BCUT2D eigenvalue weighted by Gasteiger charge is 2.11. The fraction of sp³-hybridized carbons (Fsp3) is 0.188. The predicted octanol–water partition coefficient (Wildman–Crippen LogP) is 3.11. The third-order valence-electron chi connectivity index (χ3n) is 3.02. The second kappa shape index (κ2) is 7.65. The molecule has 128 valence electrons. The van der Waals surface area contributed by atoms with Crippen molar-refractivity contribution < 1.29 is 17.9 Å². The smallest absolute Gasteiger partial charge is 0.255 e. The first-order valence-electron chi connectivity index (χ1n) is 6.95. The molecule has 0 fully saturated rings. The minimum Gasteiger partial charge on any atom is -0.380 e. The molecule has 0 aliphatic rings. The van der Waals surface area contributed by atoms with E-state index in [-0.39, 0.29) is 16.6 Å². The molecule has 8 heteroatoms. The van der Waals surface area contributed by atoms with E-state index in [2.05, 4.69) is 10.0 Å². The van der Waals surface area contributed by atoms with Crippen molar-refractivity contribution in [1.29, 1.82) is 0 Å². The summed E-state index contributed by atoms with van der Waals surface area (Å²) >= 11 is 6.03. The van der Waals surface area contributed by atoms with Crippen LogP contribution in [0.25, 0.3) is 0 Å². The number of methoxy groups -OCH3 is 1. The monoisotopic (exact) mass is 368 g/mol. The van der Waals surface area contributed by atoms with Crippen LogP contribution in [0.5, 0.6) is 0 Å². The SMILES string of the molecule is COCc1cccc(NC(=O)c2ccc(NS(C)(=O)=O)c(Cl)c2)c1. The first-order chi connectivity index (χ1) is 11.3. The van der Waals surface area contributed by atoms with Crippen LogP contribution in [0.3, 0.4) is 0 Å². The molecular formula is C16H17ClN2O4S. The molecule has 0 aliphatic carbocycles. The van der Waals surface area contributed by atoms with Crippen LogP contribution in [0.4, 0.5) is 11.4 Å². The molecule has 24 heavy (non-hydrogen) atoms. The van der Waals surface area contributed by atoms with Gasteiger partial charge < -0.3 is 10.1 Å². The topological polar surface area (TPSA) is 84.5 Å². The maximum absolute atomic E-state index is 12.3. The van der Waals surface area contributed by atoms with Crippen molar-refractivity contribution in [1.82, 2.24) is 0 Å². The zero-order valence-corrected chi connectivity index (χ0v) is 14.7. The molecule has 0 bridgehead atoms. The minimum atomic E-state index is -3.44. The third kappa shape index (κ3) is 5.23. The molecule has 2 N–H and O–H groups in total. The molecule has 0 saturated carbocycles. The summed E-state index contributed by atoms with van der Waals surface area (Å²) < 4.78 is 29.8. The van der Waals surface area contributed by atoms with Gasteiger partial charge in [-0.25, -0.2) is 8.42 Å². The summed E-state index contributed by atoms with van der Waals surface area (Å²) in [5, 5.41) is 2.90. The lowest BCUT2D eigenvalue weighted by Crippen LogP contribution is -2.13. The average molecular weight is 369 g/mol. The van der Waals surface area contributed by atoms with Crippen LogP contribution < -0.4 is 10.0 Å². The van der Waals surface area contributed by atoms with Crippen molar-refractivity contribution in [2.24, 2.45) is 0 Å². The molecular weight excluding hydrogens is 352 g/mol. The molecule has 0 heterocycles. The van der Waals surface area contributed by atoms with Gasteiger partial charge in [-0.2, -0.15) is 0 Å². The summed E-state index contributed by atoms with van der Waals surface area (Å²) in [6, 6.07) is 11.6. The maximum atomic E-state index is 12.3. The van der Waals surface area contributed by atoms with E-state index in [0.717, 1.165) is 11.8 Å². The summed E-state index contributed by atoms with van der Waals surface area (Å²) in [7, 11) is -1.84. The number of anilines is 2. The van der Waals surface area contributed by atoms with Crippen molar-refractivity contribution in [2.45, 2.75) is 6.61 Å². The molecule has 0 atom stereocenters. The zero-order chi connectivity index (χ0) is 17.7. The number of sulfonamides is 1. The molecule has 0 spiro atoms. The molecule has 2 aromatic carbocycles. The van der Waals surface area contributed by atoms with E-state index in [1.165, 1.54) is 18.2 Å². The quantitative estimate of drug-likeness (QED) is 0.820. The summed E-state index contributed by atoms with van der Waals surface area (Å²) in [5.41, 5.74) is 2.10. The van der Waals surface area contributed by atoms with Crippen molar-refractivity contribution >= 4 is 38.9 Å². The highest BCUT2D eigenvalue weighted by Crippen LogP contribution is 2.24. The number of rotatable bonds is 6. The van der Waals surface area contributed by atoms with Gasteiger partial charge in [0.15, 0.2) is 0 Å². The number of amides is 1. The van der Waals surface area contributed by atoms with E-state index in [1.807, 2.05) is 18.2 Å². The molecule has 0 radical (unpaired) electrons. The lowest BCUT2D eigenvalue weighted by molar-refractivity contribution is 0.102. The van der Waals surface area contributed by atoms with Crippen molar-refractivity contribution in [3.63, 3.8) is 0 Å². The Morgan fingerprint density at radius 2 is 1.96 bits per heavy atom. The Bertz CT molecular complexity index is 853. The van der Waals surface area contributed by atoms with Crippen LogP contribution in [-0.4, -0.2) is 27.7 Å². The lowest BCUT2D eigenvalue weighted by atomic mass is 10.1. The number of benzene rings is 2. The molecule has 0 aromatic heterocycles. The van der Waals surface area contributed by atoms with Crippen LogP contribution in [0, 0.1) is 0 Å². The van der Waals surface area contributed by atoms with Gasteiger partial charge >= 0.3 is 0 Å². The Labute approximate surface area is 145 Å². The van der Waals surface area contributed by atoms with Crippen LogP contribution in [-0.2, 0) is 21.4 Å². The van der Waals surface area contributed by atoms with E-state index >= 15 is 0 Å². The van der Waals surface area contributed by atoms with Crippen molar-refractivity contribution in [3.05, 3.63) is 58.6 Å². The summed E-state index contributed by atoms with van der Waals surface area (Å²) in [6.07, 6.45) is 1.02. The van der Waals surface area contributed by atoms with Crippen LogP contribution >= 0.6 is 11.6 Å². The Balaban J connectivity index is 2.15. The number of hydrogen-bond acceptors (Lipinski definition) is 4. The summed E-state index contributed by atoms with van der Waals surface area (Å²) in [4.78, 5) is 12.3. The predicted molar refractivity (Wildman–Crippen MR) is 95.0 cm³/mol. The number of hydrogen-bond donors (Lipinski definition) is 2. The maximum Gasteiger partial charge on any atom is 0.255 e. The van der Waals surface area contributed by atoms with E-state index in [4.69, 9.17) is 16.3 Å². The Morgan fingerprint density at radius 3 is 2.58 bits per heavy atom. The second-order valence-corrected chi connectivity index (χ2v) is 7.31. The van der Waals surface area contributed by atoms with Gasteiger partial charge in [0.1, 0.15) is 0 Å². The molecule has 2 rings (SSSR count). The standard InChI is InChI=1S/C16H17ClN2O4S/c1-23-10-11-4-3-5-13(8-11)18-16(20)12-6-7-15(14(17)9-12)19-24(2,21)22/h3-9,19H,10H2,1-2H3,(H,18,20). The molecule has 1 amide bonds. The van der Waals surface area contributed by atoms with E-state index in [0.29, 0.717) is 17.9 Å². The Hall–Kier alpha value is -2.09. The van der Waals surface area contributed by atoms with E-state index in [9.17, 15) is 13.2 Å². The minimum absolute atomic E-state index is 0.140. The molecule has 0 unspecified atom stereocenters. The fourth-order valence-electron chi connectivity index (χ4n) is 2.05. The third-order valence-corrected chi connectivity index (χ3v) is 3.93. The number of carbonyl (C=O) groups is 1. The normalized spacial score (nSPS) is 11.1. The van der Waals surface area contributed by atoms with E-state index < -0.39 is 10.0 Å². The highest BCUT2D eigenvalue weighted by molar-refractivity contribution is 7.92. The average Bonchev–Trinajstić information content (AvgIpc) is 2.48. The van der Waals surface area contributed by atoms with Crippen molar-refractivity contribution in [3.8, 4) is 0 Å². The van der Waals surface area contributed by atoms with Gasteiger partial charge in [0.25, 0.3) is 5.91 Å². The number of halogens is 1. The van der Waals surface area contributed by atoms with Gasteiger partial charge in [-0.3, -0.25) is 9.52 Å². The van der Waals surface area contributed by atoms with Crippen LogP contribution in [0.15, 0.2) is 42.5 Å². The van der Waals surface area contributed by atoms with Crippen molar-refractivity contribution in [2.75, 3.05) is 23.4 Å². The second-order valence-electron chi connectivity index (χ2n) is 5.16. The molecule has 2 aromatic rings. The van der Waals surface area contributed by atoms with Gasteiger partial charge in [0, 0.05) is 18.4 Å². The Morgan fingerprint density at radius 1 is 1.21 bits per heavy atom. The van der Waals surface area contributed by atoms with Crippen LogP contribution in [0.1, 0.15) is 15.9 Å². The van der Waals surface area contributed by atoms with Gasteiger partial charge in [0.2, 0.25) is 10.0 Å². The first kappa shape index (κ1) is 18.3. The molecule has 0 aliphatic heterocycles. The number of ether oxygens (including phenoxy) is 1. The summed E-state index contributed by atoms with van der Waals surface area (Å²) in [5.74, 6) is -0.350. The van der Waals surface area contributed by atoms with E-state index in [1.54, 1.807) is 13.2 Å². The first-order valence-corrected chi connectivity index (χ1v) is 9.22. The zero-order valence-electron chi connectivity index (χ0n) is 13.2. The largest absolute Gasteiger partial charge is 0.380 e. The molecule has 0 saturated heterocycles. The van der Waals surface area contributed by atoms with Gasteiger partial charge in [-0.15, -0.1) is 0 Å². The van der Waals surface area contributed by atoms with Gasteiger partial charge in [-0.05, 0) is 35.9 Å². The lowest BCUT2D eigenvalue weighted by Gasteiger charge is -2.10. The van der Waals surface area contributed by atoms with Crippen LogP contribution in [0.2, 0.25) is 5.02 Å². The summed E-state index contributed by atoms with van der Waals surface area (Å²) in [6.45, 7) is 0.446. The fourth-order valence-corrected chi connectivity index (χ4v) is 2.91. The number of carbonyl (C=O) groups excluding carboxylic acids is 1. The van der Waals surface area contributed by atoms with Gasteiger partial charge in [0.05, 0.1) is 23.6 Å². The van der Waals surface area contributed by atoms with Gasteiger partial charge in [-0.1, -0.05) is 23.7 Å². The Kier molecular flexibility index (Phi) is 5.82. The highest BCUT2D eigenvalue weighted by atomic mass is 35.5.